The second-order valence-corrected chi connectivity index (χ2v) is 4.89. The summed E-state index contributed by atoms with van der Waals surface area (Å²) in [7, 11) is 0. The van der Waals surface area contributed by atoms with Crippen molar-refractivity contribution in [2.24, 2.45) is 0 Å². The summed E-state index contributed by atoms with van der Waals surface area (Å²) < 4.78 is 5.46. The predicted molar refractivity (Wildman–Crippen MR) is 64.7 cm³/mol. The van der Waals surface area contributed by atoms with E-state index in [2.05, 4.69) is 0 Å². The van der Waals surface area contributed by atoms with E-state index in [0.29, 0.717) is 24.5 Å². The zero-order chi connectivity index (χ0) is 11.8. The Morgan fingerprint density at radius 2 is 2.19 bits per heavy atom. The summed E-state index contributed by atoms with van der Waals surface area (Å²) in [5.74, 6) is 0. The lowest BCUT2D eigenvalue weighted by atomic mass is 9.72. The lowest BCUT2D eigenvalue weighted by Crippen LogP contribution is -2.45. The highest BCUT2D eigenvalue weighted by Crippen LogP contribution is 2.43. The Balaban J connectivity index is 2.11. The van der Waals surface area contributed by atoms with Gasteiger partial charge in [0.05, 0.1) is 11.7 Å². The quantitative estimate of drug-likeness (QED) is 0.880. The van der Waals surface area contributed by atoms with Crippen LogP contribution in [-0.4, -0.2) is 17.8 Å². The number of rotatable bonds is 3. The van der Waals surface area contributed by atoms with Crippen LogP contribution in [0.4, 0.5) is 0 Å². The van der Waals surface area contributed by atoms with Gasteiger partial charge in [-0.25, -0.2) is 0 Å². The van der Waals surface area contributed by atoms with Gasteiger partial charge in [-0.3, -0.25) is 0 Å². The molecule has 0 atom stereocenters. The van der Waals surface area contributed by atoms with E-state index in [9.17, 15) is 5.11 Å². The molecule has 1 saturated carbocycles. The van der Waals surface area contributed by atoms with Gasteiger partial charge >= 0.3 is 0 Å². The maximum atomic E-state index is 10.4. The van der Waals surface area contributed by atoms with Gasteiger partial charge in [-0.15, -0.1) is 0 Å². The minimum Gasteiger partial charge on any atom is -0.385 e. The zero-order valence-electron chi connectivity index (χ0n) is 9.66. The third-order valence-corrected chi connectivity index (χ3v) is 3.65. The summed E-state index contributed by atoms with van der Waals surface area (Å²) in [4.78, 5) is 0. The maximum Gasteiger partial charge on any atom is 0.0946 e. The summed E-state index contributed by atoms with van der Waals surface area (Å²) in [6.07, 6.45) is 1.52. The summed E-state index contributed by atoms with van der Waals surface area (Å²) in [5, 5.41) is 11.1. The zero-order valence-corrected chi connectivity index (χ0v) is 10.4. The number of ether oxygens (including phenoxy) is 1. The van der Waals surface area contributed by atoms with E-state index in [4.69, 9.17) is 16.3 Å². The van der Waals surface area contributed by atoms with E-state index in [-0.39, 0.29) is 6.10 Å². The average molecular weight is 241 g/mol. The number of benzene rings is 1. The van der Waals surface area contributed by atoms with Crippen molar-refractivity contribution in [2.45, 2.75) is 38.4 Å². The number of hydrogen-bond acceptors (Lipinski definition) is 2. The van der Waals surface area contributed by atoms with Crippen molar-refractivity contribution >= 4 is 11.6 Å². The van der Waals surface area contributed by atoms with E-state index in [1.54, 1.807) is 0 Å². The van der Waals surface area contributed by atoms with Gasteiger partial charge in [-0.2, -0.15) is 0 Å². The first-order chi connectivity index (χ1) is 7.55. The number of halogens is 1. The van der Waals surface area contributed by atoms with Gasteiger partial charge in [-0.1, -0.05) is 23.7 Å². The molecule has 0 aliphatic heterocycles. The van der Waals surface area contributed by atoms with Crippen molar-refractivity contribution in [3.05, 3.63) is 34.3 Å². The summed E-state index contributed by atoms with van der Waals surface area (Å²) >= 11 is 6.06. The Morgan fingerprint density at radius 1 is 1.50 bits per heavy atom. The molecule has 1 aliphatic rings. The molecule has 2 nitrogen and oxygen atoms in total. The minimum absolute atomic E-state index is 0.190. The molecule has 0 saturated heterocycles. The summed E-state index contributed by atoms with van der Waals surface area (Å²) in [6, 6.07) is 5.76. The monoisotopic (exact) mass is 240 g/mol. The first-order valence-electron chi connectivity index (χ1n) is 5.66. The van der Waals surface area contributed by atoms with Crippen LogP contribution < -0.4 is 0 Å². The van der Waals surface area contributed by atoms with Crippen LogP contribution in [0.5, 0.6) is 0 Å². The van der Waals surface area contributed by atoms with Crippen molar-refractivity contribution in [3.63, 3.8) is 0 Å². The standard InChI is InChI=1S/C13H17ClO2/c1-3-16-11-7-13(15,8-11)10-5-4-9(2)12(14)6-10/h4-6,11,15H,3,7-8H2,1-2H3. The number of aliphatic hydroxyl groups is 1. The van der Waals surface area contributed by atoms with E-state index >= 15 is 0 Å². The van der Waals surface area contributed by atoms with Crippen LogP contribution in [0.3, 0.4) is 0 Å². The molecule has 1 aromatic carbocycles. The van der Waals surface area contributed by atoms with Gasteiger partial charge in [0.2, 0.25) is 0 Å². The minimum atomic E-state index is -0.739. The molecule has 1 aromatic rings. The maximum absolute atomic E-state index is 10.4. The molecule has 1 N–H and O–H groups in total. The predicted octanol–water partition coefficient (Wildman–Crippen LogP) is 3.03. The second kappa shape index (κ2) is 4.36. The molecule has 0 radical (unpaired) electrons. The lowest BCUT2D eigenvalue weighted by molar-refractivity contribution is -0.142. The van der Waals surface area contributed by atoms with Crippen LogP contribution in [0.1, 0.15) is 30.9 Å². The first-order valence-corrected chi connectivity index (χ1v) is 6.03. The van der Waals surface area contributed by atoms with E-state index < -0.39 is 5.60 Å². The van der Waals surface area contributed by atoms with Crippen LogP contribution >= 0.6 is 11.6 Å². The van der Waals surface area contributed by atoms with Crippen LogP contribution in [-0.2, 0) is 10.3 Å². The lowest BCUT2D eigenvalue weighted by Gasteiger charge is -2.43. The van der Waals surface area contributed by atoms with Crippen LogP contribution in [0.15, 0.2) is 18.2 Å². The van der Waals surface area contributed by atoms with Crippen LogP contribution in [0, 0.1) is 6.92 Å². The normalized spacial score (nSPS) is 28.9. The Morgan fingerprint density at radius 3 is 2.75 bits per heavy atom. The largest absolute Gasteiger partial charge is 0.385 e. The third kappa shape index (κ3) is 2.10. The Bertz CT molecular complexity index is 384. The summed E-state index contributed by atoms with van der Waals surface area (Å²) in [5.41, 5.74) is 1.20. The van der Waals surface area contributed by atoms with Crippen LogP contribution in [0.2, 0.25) is 5.02 Å². The molecule has 1 aliphatic carbocycles. The van der Waals surface area contributed by atoms with E-state index in [0.717, 1.165) is 11.1 Å². The molecule has 0 heterocycles. The Hall–Kier alpha value is -0.570. The molecule has 2 rings (SSSR count). The highest BCUT2D eigenvalue weighted by molar-refractivity contribution is 6.31. The van der Waals surface area contributed by atoms with Crippen molar-refractivity contribution in [3.8, 4) is 0 Å². The smallest absolute Gasteiger partial charge is 0.0946 e. The molecule has 0 spiro atoms. The Kier molecular flexibility index (Phi) is 3.24. The van der Waals surface area contributed by atoms with Gasteiger partial charge in [0.15, 0.2) is 0 Å². The van der Waals surface area contributed by atoms with E-state index in [1.807, 2.05) is 32.0 Å². The first kappa shape index (κ1) is 11.9. The molecule has 0 aromatic heterocycles. The topological polar surface area (TPSA) is 29.5 Å². The van der Waals surface area contributed by atoms with Crippen molar-refractivity contribution in [1.82, 2.24) is 0 Å². The number of hydrogen-bond donors (Lipinski definition) is 1. The molecular weight excluding hydrogens is 224 g/mol. The fourth-order valence-corrected chi connectivity index (χ4v) is 2.35. The molecule has 0 amide bonds. The van der Waals surface area contributed by atoms with Crippen molar-refractivity contribution in [1.29, 1.82) is 0 Å². The molecule has 1 fully saturated rings. The molecule has 3 heteroatoms. The van der Waals surface area contributed by atoms with Gasteiger partial charge in [0, 0.05) is 24.5 Å². The molecule has 0 bridgehead atoms. The molecule has 0 unspecified atom stereocenters. The third-order valence-electron chi connectivity index (χ3n) is 3.24. The highest BCUT2D eigenvalue weighted by Gasteiger charge is 2.44. The molecule has 16 heavy (non-hydrogen) atoms. The van der Waals surface area contributed by atoms with Gasteiger partial charge in [-0.05, 0) is 31.0 Å². The highest BCUT2D eigenvalue weighted by atomic mass is 35.5. The van der Waals surface area contributed by atoms with Crippen molar-refractivity contribution in [2.75, 3.05) is 6.61 Å². The molecule has 88 valence electrons. The fraction of sp³-hybridized carbons (Fsp3) is 0.538. The SMILES string of the molecule is CCOC1CC(O)(c2ccc(C)c(Cl)c2)C1. The number of aryl methyl sites for hydroxylation is 1. The van der Waals surface area contributed by atoms with Gasteiger partial charge < -0.3 is 9.84 Å². The van der Waals surface area contributed by atoms with Crippen LogP contribution in [0.25, 0.3) is 0 Å². The van der Waals surface area contributed by atoms with Gasteiger partial charge in [0.25, 0.3) is 0 Å². The van der Waals surface area contributed by atoms with Crippen molar-refractivity contribution < 1.29 is 9.84 Å². The Labute approximate surface area is 101 Å². The fourth-order valence-electron chi connectivity index (χ4n) is 2.17. The average Bonchev–Trinajstić information content (AvgIpc) is 2.20. The van der Waals surface area contributed by atoms with Gasteiger partial charge in [0.1, 0.15) is 0 Å². The molecular formula is C13H17ClO2. The summed E-state index contributed by atoms with van der Waals surface area (Å²) in [6.45, 7) is 4.63. The van der Waals surface area contributed by atoms with E-state index in [1.165, 1.54) is 0 Å². The second-order valence-electron chi connectivity index (χ2n) is 4.48.